The number of hydrogen-bond acceptors (Lipinski definition) is 8. The minimum atomic E-state index is -0.941. The fourth-order valence-corrected chi connectivity index (χ4v) is 2.90. The van der Waals surface area contributed by atoms with Crippen LogP contribution in [0.4, 0.5) is 4.79 Å². The lowest BCUT2D eigenvalue weighted by atomic mass is 10.0. The highest BCUT2D eigenvalue weighted by atomic mass is 16.6. The van der Waals surface area contributed by atoms with E-state index in [0.29, 0.717) is 12.1 Å². The number of hydrogen-bond donors (Lipinski definition) is 2. The summed E-state index contributed by atoms with van der Waals surface area (Å²) < 4.78 is 20.0. The van der Waals surface area contributed by atoms with E-state index in [-0.39, 0.29) is 30.2 Å². The van der Waals surface area contributed by atoms with Crippen LogP contribution in [0.15, 0.2) is 18.2 Å². The number of carbonyl (C=O) groups is 4. The van der Waals surface area contributed by atoms with Crippen LogP contribution in [0.25, 0.3) is 0 Å². The molecule has 10 nitrogen and oxygen atoms in total. The highest BCUT2D eigenvalue weighted by Gasteiger charge is 2.25. The Balaban J connectivity index is 0.00000596. The maximum Gasteiger partial charge on any atom is 0.408 e. The average Bonchev–Trinajstić information content (AvgIpc) is 2.84. The van der Waals surface area contributed by atoms with E-state index in [1.807, 2.05) is 13.8 Å². The lowest BCUT2D eigenvalue weighted by molar-refractivity contribution is -0.142. The molecule has 0 aliphatic rings. The summed E-state index contributed by atoms with van der Waals surface area (Å²) in [5.74, 6) is -1.53. The van der Waals surface area contributed by atoms with E-state index < -0.39 is 29.7 Å². The zero-order valence-corrected chi connectivity index (χ0v) is 22.8. The minimum Gasteiger partial charge on any atom is -0.481 e. The van der Waals surface area contributed by atoms with Crippen molar-refractivity contribution in [2.75, 3.05) is 27.4 Å². The van der Waals surface area contributed by atoms with Gasteiger partial charge in [0.05, 0.1) is 14.2 Å². The summed E-state index contributed by atoms with van der Waals surface area (Å²) in [5, 5.41) is 5.43. The van der Waals surface area contributed by atoms with Gasteiger partial charge in [0.15, 0.2) is 6.61 Å². The predicted octanol–water partition coefficient (Wildman–Crippen LogP) is 3.79. The smallest absolute Gasteiger partial charge is 0.408 e. The molecule has 1 rings (SSSR count). The number of ether oxygens (including phenoxy) is 4. The van der Waals surface area contributed by atoms with Gasteiger partial charge < -0.3 is 29.6 Å². The first-order valence-corrected chi connectivity index (χ1v) is 12.2. The molecule has 1 atom stereocenters. The van der Waals surface area contributed by atoms with E-state index >= 15 is 0 Å². The summed E-state index contributed by atoms with van der Waals surface area (Å²) in [4.78, 5) is 48.8. The average molecular weight is 511 g/mol. The first-order chi connectivity index (χ1) is 17.0. The maximum atomic E-state index is 12.8. The number of esters is 2. The monoisotopic (exact) mass is 510 g/mol. The fourth-order valence-electron chi connectivity index (χ4n) is 2.90. The quantitative estimate of drug-likeness (QED) is 0.247. The molecule has 2 amide bonds. The Kier molecular flexibility index (Phi) is 15.6. The van der Waals surface area contributed by atoms with E-state index in [0.717, 1.165) is 19.3 Å². The number of unbranched alkanes of at least 4 members (excludes halogenated alkanes) is 2. The molecule has 0 aliphatic heterocycles. The van der Waals surface area contributed by atoms with Gasteiger partial charge in [-0.25, -0.2) is 14.4 Å². The minimum absolute atomic E-state index is 0.0725. The van der Waals surface area contributed by atoms with Crippen molar-refractivity contribution >= 4 is 23.9 Å². The summed E-state index contributed by atoms with van der Waals surface area (Å²) in [6, 6.07) is 3.68. The van der Waals surface area contributed by atoms with Gasteiger partial charge in [-0.05, 0) is 44.9 Å². The molecule has 0 saturated heterocycles. The van der Waals surface area contributed by atoms with E-state index in [9.17, 15) is 19.2 Å². The highest BCUT2D eigenvalue weighted by Crippen LogP contribution is 2.22. The van der Waals surface area contributed by atoms with Crippen molar-refractivity contribution in [1.29, 1.82) is 0 Å². The molecule has 0 bridgehead atoms. The van der Waals surface area contributed by atoms with Crippen LogP contribution in [0, 0.1) is 0 Å². The third-order valence-electron chi connectivity index (χ3n) is 4.55. The number of amides is 2. The normalized spacial score (nSPS) is 11.2. The Bertz CT molecular complexity index is 849. The summed E-state index contributed by atoms with van der Waals surface area (Å²) in [6.45, 7) is 11.3. The second kappa shape index (κ2) is 17.2. The lowest BCUT2D eigenvalue weighted by Gasteiger charge is -2.23. The summed E-state index contributed by atoms with van der Waals surface area (Å²) >= 11 is 0. The van der Waals surface area contributed by atoms with Gasteiger partial charge in [0.25, 0.3) is 0 Å². The largest absolute Gasteiger partial charge is 0.481 e. The van der Waals surface area contributed by atoms with Crippen molar-refractivity contribution < 1.29 is 38.1 Å². The van der Waals surface area contributed by atoms with Crippen molar-refractivity contribution in [3.63, 3.8) is 0 Å². The third kappa shape index (κ3) is 13.0. The van der Waals surface area contributed by atoms with Crippen molar-refractivity contribution in [3.05, 3.63) is 29.3 Å². The first-order valence-electron chi connectivity index (χ1n) is 12.2. The first kappa shape index (κ1) is 32.7. The molecule has 0 heterocycles. The molecule has 0 aliphatic carbocycles. The Morgan fingerprint density at radius 2 is 1.67 bits per heavy atom. The van der Waals surface area contributed by atoms with Crippen LogP contribution in [0.1, 0.15) is 76.7 Å². The van der Waals surface area contributed by atoms with Crippen LogP contribution < -0.4 is 15.4 Å². The molecule has 36 heavy (non-hydrogen) atoms. The van der Waals surface area contributed by atoms with Crippen LogP contribution in [0.5, 0.6) is 5.75 Å². The van der Waals surface area contributed by atoms with Crippen LogP contribution in [-0.4, -0.2) is 63.0 Å². The summed E-state index contributed by atoms with van der Waals surface area (Å²) in [5.41, 5.74) is -0.0954. The molecule has 0 spiro atoms. The zero-order valence-electron chi connectivity index (χ0n) is 22.8. The summed E-state index contributed by atoms with van der Waals surface area (Å²) in [6.07, 6.45) is 2.16. The standard InChI is InChI=1S/C24H36N2O8.C2H6/c1-7-8-9-12-25-21(28)18(26-23(30)34-24(2,3)4)14-16-10-11-19(33-15-20(27)31-5)17(13-16)22(29)32-6;1-2/h10-11,13,18H,7-9,12,14-15H2,1-6H3,(H,25,28)(H,26,30);1-2H3. The number of methoxy groups -OCH3 is 2. The van der Waals surface area contributed by atoms with Crippen LogP contribution >= 0.6 is 0 Å². The van der Waals surface area contributed by atoms with Gasteiger partial charge >= 0.3 is 18.0 Å². The number of rotatable bonds is 12. The molecule has 0 fully saturated rings. The SMILES string of the molecule is CC.CCCCCNC(=O)C(Cc1ccc(OCC(=O)OC)c(C(=O)OC)c1)NC(=O)OC(C)(C)C. The van der Waals surface area contributed by atoms with E-state index in [4.69, 9.17) is 14.2 Å². The molecule has 0 radical (unpaired) electrons. The second-order valence-corrected chi connectivity index (χ2v) is 8.59. The van der Waals surface area contributed by atoms with Gasteiger partial charge in [0, 0.05) is 13.0 Å². The molecule has 0 saturated carbocycles. The molecule has 1 unspecified atom stereocenters. The number of carbonyl (C=O) groups excluding carboxylic acids is 4. The van der Waals surface area contributed by atoms with Crippen molar-refractivity contribution in [3.8, 4) is 5.75 Å². The van der Waals surface area contributed by atoms with E-state index in [2.05, 4.69) is 22.3 Å². The Labute approximate surface area is 214 Å². The predicted molar refractivity (Wildman–Crippen MR) is 136 cm³/mol. The van der Waals surface area contributed by atoms with Crippen molar-refractivity contribution in [2.24, 2.45) is 0 Å². The van der Waals surface area contributed by atoms with Gasteiger partial charge in [-0.1, -0.05) is 39.7 Å². The molecule has 204 valence electrons. The molecule has 2 N–H and O–H groups in total. The van der Waals surface area contributed by atoms with Gasteiger partial charge in [0.2, 0.25) is 5.91 Å². The second-order valence-electron chi connectivity index (χ2n) is 8.59. The lowest BCUT2D eigenvalue weighted by Crippen LogP contribution is -2.49. The highest BCUT2D eigenvalue weighted by molar-refractivity contribution is 5.93. The maximum absolute atomic E-state index is 12.8. The Morgan fingerprint density at radius 3 is 2.22 bits per heavy atom. The van der Waals surface area contributed by atoms with Gasteiger partial charge in [0.1, 0.15) is 23.0 Å². The molecule has 1 aromatic rings. The number of benzene rings is 1. The molecule has 0 aromatic heterocycles. The Hall–Kier alpha value is -3.30. The van der Waals surface area contributed by atoms with Crippen LogP contribution in [-0.2, 0) is 30.2 Å². The van der Waals surface area contributed by atoms with Crippen molar-refractivity contribution in [1.82, 2.24) is 10.6 Å². The molecular formula is C26H42N2O8. The van der Waals surface area contributed by atoms with E-state index in [1.54, 1.807) is 26.8 Å². The Morgan fingerprint density at radius 1 is 1.00 bits per heavy atom. The molecule has 10 heteroatoms. The number of nitrogens with one attached hydrogen (secondary N) is 2. The van der Waals surface area contributed by atoms with Crippen LogP contribution in [0.2, 0.25) is 0 Å². The molecule has 1 aromatic carbocycles. The van der Waals surface area contributed by atoms with Crippen molar-refractivity contribution in [2.45, 2.75) is 78.9 Å². The third-order valence-corrected chi connectivity index (χ3v) is 4.55. The topological polar surface area (TPSA) is 129 Å². The zero-order chi connectivity index (χ0) is 27.7. The van der Waals surface area contributed by atoms with E-state index in [1.165, 1.54) is 26.4 Å². The summed E-state index contributed by atoms with van der Waals surface area (Å²) in [7, 11) is 2.44. The number of alkyl carbamates (subject to hydrolysis) is 1. The van der Waals surface area contributed by atoms with Gasteiger partial charge in [-0.15, -0.1) is 0 Å². The fraction of sp³-hybridized carbons (Fsp3) is 0.615. The van der Waals surface area contributed by atoms with Gasteiger partial charge in [-0.2, -0.15) is 0 Å². The van der Waals surface area contributed by atoms with Crippen LogP contribution in [0.3, 0.4) is 0 Å². The molecular weight excluding hydrogens is 468 g/mol. The van der Waals surface area contributed by atoms with Gasteiger partial charge in [-0.3, -0.25) is 4.79 Å².